The van der Waals surface area contributed by atoms with Crippen molar-refractivity contribution in [3.8, 4) is 0 Å². The van der Waals surface area contributed by atoms with Gasteiger partial charge in [0.1, 0.15) is 0 Å². The van der Waals surface area contributed by atoms with E-state index in [2.05, 4.69) is 141 Å². The van der Waals surface area contributed by atoms with Gasteiger partial charge in [-0.15, -0.1) is 0 Å². The standard InChI is InChI=1S/C42H48N4O2/c47-41(45-29-25-43(26-30-45)39(33-13-5-1-6-14-33)34-15-7-2-8-16-34)37-21-23-38(24-22-37)42(48)46-31-27-44(28-32-46)40(35-17-9-3-10-18-35)36-19-11-4-12-20-36/h1-20,37-40H,21-32H2. The van der Waals surface area contributed by atoms with Crippen LogP contribution in [0, 0.1) is 11.8 Å². The maximum absolute atomic E-state index is 13.7. The average molecular weight is 641 g/mol. The van der Waals surface area contributed by atoms with Crippen LogP contribution in [0.15, 0.2) is 121 Å². The van der Waals surface area contributed by atoms with Crippen molar-refractivity contribution in [2.45, 2.75) is 37.8 Å². The third kappa shape index (κ3) is 7.25. The van der Waals surface area contributed by atoms with Crippen LogP contribution in [-0.4, -0.2) is 83.8 Å². The Morgan fingerprint density at radius 3 is 0.896 bits per heavy atom. The molecule has 1 saturated carbocycles. The number of nitrogens with zero attached hydrogens (tertiary/aromatic N) is 4. The van der Waals surface area contributed by atoms with E-state index in [-0.39, 0.29) is 35.7 Å². The van der Waals surface area contributed by atoms with Gasteiger partial charge in [0.05, 0.1) is 12.1 Å². The van der Waals surface area contributed by atoms with Crippen molar-refractivity contribution in [2.75, 3.05) is 52.4 Å². The highest BCUT2D eigenvalue weighted by molar-refractivity contribution is 5.81. The number of benzene rings is 4. The first-order valence-electron chi connectivity index (χ1n) is 17.9. The van der Waals surface area contributed by atoms with Crippen LogP contribution in [0.25, 0.3) is 0 Å². The van der Waals surface area contributed by atoms with E-state index >= 15 is 0 Å². The summed E-state index contributed by atoms with van der Waals surface area (Å²) in [6.45, 7) is 6.45. The Morgan fingerprint density at radius 1 is 0.396 bits per heavy atom. The van der Waals surface area contributed by atoms with Gasteiger partial charge in [-0.05, 0) is 47.9 Å². The zero-order valence-corrected chi connectivity index (χ0v) is 27.9. The van der Waals surface area contributed by atoms with E-state index in [0.29, 0.717) is 0 Å². The largest absolute Gasteiger partial charge is 0.340 e. The van der Waals surface area contributed by atoms with Crippen LogP contribution in [0.1, 0.15) is 60.0 Å². The molecule has 1 aliphatic carbocycles. The maximum Gasteiger partial charge on any atom is 0.225 e. The van der Waals surface area contributed by atoms with Gasteiger partial charge in [0, 0.05) is 64.2 Å². The fourth-order valence-corrected chi connectivity index (χ4v) is 8.27. The van der Waals surface area contributed by atoms with E-state index in [1.165, 1.54) is 22.3 Å². The molecule has 2 amide bonds. The van der Waals surface area contributed by atoms with Gasteiger partial charge < -0.3 is 9.80 Å². The summed E-state index contributed by atoms with van der Waals surface area (Å²) in [7, 11) is 0. The molecule has 7 rings (SSSR count). The predicted molar refractivity (Wildman–Crippen MR) is 191 cm³/mol. The molecule has 0 N–H and O–H groups in total. The van der Waals surface area contributed by atoms with Crippen molar-refractivity contribution >= 4 is 11.8 Å². The van der Waals surface area contributed by atoms with E-state index in [1.807, 2.05) is 0 Å². The molecule has 4 aromatic rings. The van der Waals surface area contributed by atoms with Gasteiger partial charge in [0.2, 0.25) is 11.8 Å². The van der Waals surface area contributed by atoms with E-state index in [0.717, 1.165) is 78.0 Å². The van der Waals surface area contributed by atoms with Gasteiger partial charge in [-0.1, -0.05) is 121 Å². The molecular formula is C42H48N4O2. The third-order valence-electron chi connectivity index (χ3n) is 10.9. The minimum Gasteiger partial charge on any atom is -0.340 e. The van der Waals surface area contributed by atoms with E-state index in [9.17, 15) is 9.59 Å². The first-order chi connectivity index (χ1) is 23.7. The van der Waals surface area contributed by atoms with Crippen LogP contribution in [-0.2, 0) is 9.59 Å². The second-order valence-electron chi connectivity index (χ2n) is 13.7. The Kier molecular flexibility index (Phi) is 10.3. The zero-order valence-electron chi connectivity index (χ0n) is 27.9. The van der Waals surface area contributed by atoms with E-state index in [4.69, 9.17) is 0 Å². The summed E-state index contributed by atoms with van der Waals surface area (Å²) in [5.41, 5.74) is 5.17. The first kappa shape index (κ1) is 32.3. The molecule has 0 atom stereocenters. The summed E-state index contributed by atoms with van der Waals surface area (Å²) in [5.74, 6) is 0.652. The predicted octanol–water partition coefficient (Wildman–Crippen LogP) is 6.66. The Morgan fingerprint density at radius 2 is 0.646 bits per heavy atom. The van der Waals surface area contributed by atoms with Gasteiger partial charge in [0.25, 0.3) is 0 Å². The number of hydrogen-bond donors (Lipinski definition) is 0. The molecule has 0 bridgehead atoms. The molecule has 0 aromatic heterocycles. The second-order valence-corrected chi connectivity index (χ2v) is 13.7. The van der Waals surface area contributed by atoms with E-state index < -0.39 is 0 Å². The number of carbonyl (C=O) groups is 2. The fourth-order valence-electron chi connectivity index (χ4n) is 8.27. The van der Waals surface area contributed by atoms with Crippen LogP contribution in [0.2, 0.25) is 0 Å². The topological polar surface area (TPSA) is 47.1 Å². The fraction of sp³-hybridized carbons (Fsp3) is 0.381. The Hall–Kier alpha value is -4.26. The van der Waals surface area contributed by atoms with Gasteiger partial charge in [0.15, 0.2) is 0 Å². The van der Waals surface area contributed by atoms with Crippen molar-refractivity contribution in [3.05, 3.63) is 144 Å². The van der Waals surface area contributed by atoms with Gasteiger partial charge in [-0.3, -0.25) is 19.4 Å². The number of hydrogen-bond acceptors (Lipinski definition) is 4. The summed E-state index contributed by atoms with van der Waals surface area (Å²) in [6, 6.07) is 43.2. The molecular weight excluding hydrogens is 592 g/mol. The monoisotopic (exact) mass is 640 g/mol. The lowest BCUT2D eigenvalue weighted by atomic mass is 9.80. The summed E-state index contributed by atoms with van der Waals surface area (Å²) < 4.78 is 0. The Balaban J connectivity index is 0.901. The van der Waals surface area contributed by atoms with Crippen LogP contribution in [0.4, 0.5) is 0 Å². The van der Waals surface area contributed by atoms with Crippen molar-refractivity contribution in [1.82, 2.24) is 19.6 Å². The van der Waals surface area contributed by atoms with Crippen LogP contribution in [0.3, 0.4) is 0 Å². The molecule has 2 aliphatic heterocycles. The molecule has 0 unspecified atom stereocenters. The van der Waals surface area contributed by atoms with Crippen LogP contribution in [0.5, 0.6) is 0 Å². The average Bonchev–Trinajstić information content (AvgIpc) is 3.17. The molecule has 2 saturated heterocycles. The number of amides is 2. The Labute approximate surface area is 286 Å². The molecule has 0 radical (unpaired) electrons. The van der Waals surface area contributed by atoms with Crippen LogP contribution >= 0.6 is 0 Å². The minimum absolute atomic E-state index is 0.0361. The molecule has 3 aliphatic rings. The number of rotatable bonds is 8. The van der Waals surface area contributed by atoms with Crippen molar-refractivity contribution in [1.29, 1.82) is 0 Å². The first-order valence-corrected chi connectivity index (χ1v) is 17.9. The zero-order chi connectivity index (χ0) is 32.7. The molecule has 248 valence electrons. The lowest BCUT2D eigenvalue weighted by Crippen LogP contribution is -2.52. The molecule has 2 heterocycles. The highest BCUT2D eigenvalue weighted by atomic mass is 16.2. The van der Waals surface area contributed by atoms with Crippen molar-refractivity contribution in [3.63, 3.8) is 0 Å². The highest BCUT2D eigenvalue weighted by Gasteiger charge is 2.37. The van der Waals surface area contributed by atoms with Crippen molar-refractivity contribution in [2.24, 2.45) is 11.8 Å². The van der Waals surface area contributed by atoms with Gasteiger partial charge in [-0.2, -0.15) is 0 Å². The van der Waals surface area contributed by atoms with E-state index in [1.54, 1.807) is 0 Å². The number of piperazine rings is 2. The smallest absolute Gasteiger partial charge is 0.225 e. The Bertz CT molecular complexity index is 1390. The second kappa shape index (κ2) is 15.3. The molecule has 3 fully saturated rings. The maximum atomic E-state index is 13.7. The van der Waals surface area contributed by atoms with Gasteiger partial charge >= 0.3 is 0 Å². The summed E-state index contributed by atoms with van der Waals surface area (Å²) in [5, 5.41) is 0. The van der Waals surface area contributed by atoms with Gasteiger partial charge in [-0.25, -0.2) is 0 Å². The third-order valence-corrected chi connectivity index (χ3v) is 10.9. The highest BCUT2D eigenvalue weighted by Crippen LogP contribution is 2.35. The van der Waals surface area contributed by atoms with Crippen molar-refractivity contribution < 1.29 is 9.59 Å². The molecule has 6 nitrogen and oxygen atoms in total. The summed E-state index contributed by atoms with van der Waals surface area (Å²) in [4.78, 5) is 36.6. The quantitative estimate of drug-likeness (QED) is 0.216. The minimum atomic E-state index is 0.0361. The normalized spacial score (nSPS) is 21.0. The molecule has 4 aromatic carbocycles. The molecule has 0 spiro atoms. The molecule has 6 heteroatoms. The SMILES string of the molecule is O=C(C1CCC(C(=O)N2CCN(C(c3ccccc3)c3ccccc3)CC2)CC1)N1CCN(C(c2ccccc2)c2ccccc2)CC1. The number of carbonyl (C=O) groups excluding carboxylic acids is 2. The lowest BCUT2D eigenvalue weighted by Gasteiger charge is -2.42. The lowest BCUT2D eigenvalue weighted by molar-refractivity contribution is -0.143. The molecule has 48 heavy (non-hydrogen) atoms. The summed E-state index contributed by atoms with van der Waals surface area (Å²) >= 11 is 0. The summed E-state index contributed by atoms with van der Waals surface area (Å²) in [6.07, 6.45) is 3.26. The van der Waals surface area contributed by atoms with Crippen LogP contribution < -0.4 is 0 Å².